The van der Waals surface area contributed by atoms with Gasteiger partial charge in [0, 0.05) is 11.8 Å². The lowest BCUT2D eigenvalue weighted by Gasteiger charge is -2.22. The van der Waals surface area contributed by atoms with Crippen molar-refractivity contribution >= 4 is 21.7 Å². The fourth-order valence-corrected chi connectivity index (χ4v) is 2.98. The van der Waals surface area contributed by atoms with Crippen molar-refractivity contribution in [3.8, 4) is 5.75 Å². The number of benzene rings is 1. The van der Waals surface area contributed by atoms with Gasteiger partial charge in [0.15, 0.2) is 0 Å². The number of halogens is 1. The Morgan fingerprint density at radius 3 is 2.71 bits per heavy atom. The van der Waals surface area contributed by atoms with Crippen molar-refractivity contribution in [3.63, 3.8) is 0 Å². The summed E-state index contributed by atoms with van der Waals surface area (Å²) < 4.78 is 6.21. The van der Waals surface area contributed by atoms with Crippen LogP contribution in [0.2, 0.25) is 0 Å². The third-order valence-corrected chi connectivity index (χ3v) is 4.06. The largest absolute Gasteiger partial charge is 0.496 e. The highest BCUT2D eigenvalue weighted by molar-refractivity contribution is 9.10. The standard InChI is InChI=1S/C16H20BrN3O/c1-4-19-15(14-10(2)7-8-20-16(14)18)11-5-6-13(21-3)12(17)9-11/h5-9,15,19H,4H2,1-3H3,(H2,18,20). The minimum absolute atomic E-state index is 0.00547. The molecule has 21 heavy (non-hydrogen) atoms. The van der Waals surface area contributed by atoms with E-state index >= 15 is 0 Å². The van der Waals surface area contributed by atoms with Crippen molar-refractivity contribution in [2.24, 2.45) is 0 Å². The molecule has 0 fully saturated rings. The van der Waals surface area contributed by atoms with E-state index in [1.165, 1.54) is 0 Å². The molecule has 0 saturated heterocycles. The molecule has 0 bridgehead atoms. The molecule has 1 unspecified atom stereocenters. The molecule has 112 valence electrons. The maximum Gasteiger partial charge on any atom is 0.133 e. The van der Waals surface area contributed by atoms with Gasteiger partial charge in [-0.3, -0.25) is 0 Å². The van der Waals surface area contributed by atoms with Gasteiger partial charge in [-0.05, 0) is 58.7 Å². The first-order valence-electron chi connectivity index (χ1n) is 6.86. The van der Waals surface area contributed by atoms with E-state index in [9.17, 15) is 0 Å². The molecule has 0 aliphatic rings. The first-order valence-corrected chi connectivity index (χ1v) is 7.65. The first kappa shape index (κ1) is 15.8. The average Bonchev–Trinajstić information content (AvgIpc) is 2.46. The second kappa shape index (κ2) is 6.91. The molecule has 4 nitrogen and oxygen atoms in total. The summed E-state index contributed by atoms with van der Waals surface area (Å²) in [5.74, 6) is 1.37. The third kappa shape index (κ3) is 3.36. The molecular formula is C16H20BrN3O. The Kier molecular flexibility index (Phi) is 5.20. The summed E-state index contributed by atoms with van der Waals surface area (Å²) in [6, 6.07) is 8.03. The smallest absolute Gasteiger partial charge is 0.133 e. The van der Waals surface area contributed by atoms with Gasteiger partial charge in [-0.1, -0.05) is 13.0 Å². The Labute approximate surface area is 133 Å². The van der Waals surface area contributed by atoms with Crippen LogP contribution in [0.3, 0.4) is 0 Å². The molecule has 0 aliphatic heterocycles. The normalized spacial score (nSPS) is 12.2. The van der Waals surface area contributed by atoms with E-state index < -0.39 is 0 Å². The number of hydrogen-bond donors (Lipinski definition) is 2. The molecule has 1 aromatic heterocycles. The van der Waals surface area contributed by atoms with Crippen molar-refractivity contribution in [1.29, 1.82) is 0 Å². The van der Waals surface area contributed by atoms with E-state index in [-0.39, 0.29) is 6.04 Å². The van der Waals surface area contributed by atoms with Crippen LogP contribution in [0.1, 0.15) is 29.7 Å². The molecule has 3 N–H and O–H groups in total. The number of anilines is 1. The minimum Gasteiger partial charge on any atom is -0.496 e. The van der Waals surface area contributed by atoms with Gasteiger partial charge in [0.1, 0.15) is 11.6 Å². The zero-order chi connectivity index (χ0) is 15.4. The summed E-state index contributed by atoms with van der Waals surface area (Å²) in [4.78, 5) is 4.23. The quantitative estimate of drug-likeness (QED) is 0.867. The van der Waals surface area contributed by atoms with Gasteiger partial charge in [-0.15, -0.1) is 0 Å². The number of nitrogen functional groups attached to an aromatic ring is 1. The van der Waals surface area contributed by atoms with Gasteiger partial charge in [0.05, 0.1) is 17.6 Å². The predicted octanol–water partition coefficient (Wildman–Crippen LogP) is 3.44. The van der Waals surface area contributed by atoms with Crippen LogP contribution in [-0.2, 0) is 0 Å². The number of nitrogens with one attached hydrogen (secondary N) is 1. The van der Waals surface area contributed by atoms with Crippen LogP contribution in [-0.4, -0.2) is 18.6 Å². The predicted molar refractivity (Wildman–Crippen MR) is 89.6 cm³/mol. The van der Waals surface area contributed by atoms with E-state index in [2.05, 4.69) is 46.1 Å². The molecule has 0 saturated carbocycles. The van der Waals surface area contributed by atoms with Crippen LogP contribution in [0, 0.1) is 6.92 Å². The molecule has 1 heterocycles. The highest BCUT2D eigenvalue weighted by Crippen LogP contribution is 2.33. The maximum atomic E-state index is 6.10. The number of nitrogens with two attached hydrogens (primary N) is 1. The fourth-order valence-electron chi connectivity index (χ4n) is 2.42. The topological polar surface area (TPSA) is 60.2 Å². The van der Waals surface area contributed by atoms with Crippen molar-refractivity contribution in [2.45, 2.75) is 19.9 Å². The van der Waals surface area contributed by atoms with Crippen molar-refractivity contribution in [3.05, 3.63) is 51.6 Å². The number of nitrogens with zero attached hydrogens (tertiary/aromatic N) is 1. The Bertz CT molecular complexity index is 611. The molecule has 5 heteroatoms. The lowest BCUT2D eigenvalue weighted by Crippen LogP contribution is -2.24. The number of rotatable bonds is 5. The number of hydrogen-bond acceptors (Lipinski definition) is 4. The van der Waals surface area contributed by atoms with Gasteiger partial charge in [-0.25, -0.2) is 4.98 Å². The third-order valence-electron chi connectivity index (χ3n) is 3.45. The van der Waals surface area contributed by atoms with Crippen molar-refractivity contribution in [2.75, 3.05) is 19.4 Å². The van der Waals surface area contributed by atoms with Gasteiger partial charge >= 0.3 is 0 Å². The number of pyridine rings is 1. The summed E-state index contributed by atoms with van der Waals surface area (Å²) in [5, 5.41) is 3.48. The Balaban J connectivity index is 2.51. The van der Waals surface area contributed by atoms with Crippen LogP contribution >= 0.6 is 15.9 Å². The zero-order valence-corrected chi connectivity index (χ0v) is 14.1. The Hall–Kier alpha value is -1.59. The summed E-state index contributed by atoms with van der Waals surface area (Å²) in [5.41, 5.74) is 9.36. The maximum absolute atomic E-state index is 6.10. The molecule has 1 atom stereocenters. The number of ether oxygens (including phenoxy) is 1. The lowest BCUT2D eigenvalue weighted by molar-refractivity contribution is 0.412. The summed E-state index contributed by atoms with van der Waals surface area (Å²) >= 11 is 3.54. The fraction of sp³-hybridized carbons (Fsp3) is 0.312. The zero-order valence-electron chi connectivity index (χ0n) is 12.5. The Morgan fingerprint density at radius 2 is 2.14 bits per heavy atom. The van der Waals surface area contributed by atoms with Crippen LogP contribution < -0.4 is 15.8 Å². The van der Waals surface area contributed by atoms with E-state index in [1.54, 1.807) is 13.3 Å². The minimum atomic E-state index is 0.00547. The molecule has 0 radical (unpaired) electrons. The molecular weight excluding hydrogens is 330 g/mol. The van der Waals surface area contributed by atoms with Gasteiger partial charge in [0.2, 0.25) is 0 Å². The van der Waals surface area contributed by atoms with Crippen molar-refractivity contribution in [1.82, 2.24) is 10.3 Å². The number of aromatic nitrogens is 1. The summed E-state index contributed by atoms with van der Waals surface area (Å²) in [7, 11) is 1.66. The van der Waals surface area contributed by atoms with E-state index in [0.29, 0.717) is 5.82 Å². The molecule has 1 aromatic carbocycles. The highest BCUT2D eigenvalue weighted by Gasteiger charge is 2.19. The Morgan fingerprint density at radius 1 is 1.38 bits per heavy atom. The van der Waals surface area contributed by atoms with Crippen LogP contribution in [0.5, 0.6) is 5.75 Å². The summed E-state index contributed by atoms with van der Waals surface area (Å²) in [6.45, 7) is 4.96. The number of aryl methyl sites for hydroxylation is 1. The second-order valence-electron chi connectivity index (χ2n) is 4.81. The van der Waals surface area contributed by atoms with Crippen LogP contribution in [0.25, 0.3) is 0 Å². The lowest BCUT2D eigenvalue weighted by atomic mass is 9.95. The van der Waals surface area contributed by atoms with Gasteiger partial charge in [0.25, 0.3) is 0 Å². The molecule has 2 aromatic rings. The second-order valence-corrected chi connectivity index (χ2v) is 5.67. The van der Waals surface area contributed by atoms with Gasteiger partial charge < -0.3 is 15.8 Å². The first-order chi connectivity index (χ1) is 10.1. The van der Waals surface area contributed by atoms with Gasteiger partial charge in [-0.2, -0.15) is 0 Å². The number of methoxy groups -OCH3 is 1. The molecule has 2 rings (SSSR count). The highest BCUT2D eigenvalue weighted by atomic mass is 79.9. The van der Waals surface area contributed by atoms with Crippen LogP contribution in [0.4, 0.5) is 5.82 Å². The van der Waals surface area contributed by atoms with E-state index in [1.807, 2.05) is 18.2 Å². The van der Waals surface area contributed by atoms with E-state index in [0.717, 1.165) is 33.5 Å². The molecule has 0 spiro atoms. The monoisotopic (exact) mass is 349 g/mol. The van der Waals surface area contributed by atoms with E-state index in [4.69, 9.17) is 10.5 Å². The SMILES string of the molecule is CCNC(c1ccc(OC)c(Br)c1)c1c(C)ccnc1N. The summed E-state index contributed by atoms with van der Waals surface area (Å²) in [6.07, 6.45) is 1.74. The van der Waals surface area contributed by atoms with Crippen molar-refractivity contribution < 1.29 is 4.74 Å². The molecule has 0 amide bonds. The average molecular weight is 350 g/mol. The molecule has 0 aliphatic carbocycles. The van der Waals surface area contributed by atoms with Crippen LogP contribution in [0.15, 0.2) is 34.9 Å².